The van der Waals surface area contributed by atoms with Gasteiger partial charge in [-0.25, -0.2) is 4.98 Å². The molecule has 1 aromatic heterocycles. The summed E-state index contributed by atoms with van der Waals surface area (Å²) in [4.78, 5) is 5.08. The molecular weight excluding hydrogens is 220 g/mol. The van der Waals surface area contributed by atoms with E-state index in [9.17, 15) is 0 Å². The number of aromatic hydroxyl groups is 1. The van der Waals surface area contributed by atoms with E-state index in [2.05, 4.69) is 11.1 Å². The molecule has 0 atom stereocenters. The predicted octanol–water partition coefficient (Wildman–Crippen LogP) is 2.81. The van der Waals surface area contributed by atoms with Gasteiger partial charge in [0.05, 0.1) is 5.56 Å². The van der Waals surface area contributed by atoms with Crippen molar-refractivity contribution in [2.75, 3.05) is 0 Å². The SMILES string of the molecule is N#Cc1cccnc1Sc1ccc(O)cc1. The minimum Gasteiger partial charge on any atom is -0.508 e. The molecule has 0 unspecified atom stereocenters. The summed E-state index contributed by atoms with van der Waals surface area (Å²) < 4.78 is 0. The van der Waals surface area contributed by atoms with Gasteiger partial charge in [0.15, 0.2) is 0 Å². The van der Waals surface area contributed by atoms with Crippen LogP contribution in [-0.2, 0) is 0 Å². The summed E-state index contributed by atoms with van der Waals surface area (Å²) in [6.07, 6.45) is 1.66. The number of rotatable bonds is 2. The van der Waals surface area contributed by atoms with Crippen LogP contribution < -0.4 is 0 Å². The highest BCUT2D eigenvalue weighted by molar-refractivity contribution is 7.99. The van der Waals surface area contributed by atoms with Crippen LogP contribution in [0.3, 0.4) is 0 Å². The molecule has 0 radical (unpaired) electrons. The number of hydrogen-bond acceptors (Lipinski definition) is 4. The number of benzene rings is 1. The Labute approximate surface area is 97.4 Å². The van der Waals surface area contributed by atoms with Crippen molar-refractivity contribution in [2.24, 2.45) is 0 Å². The van der Waals surface area contributed by atoms with E-state index in [1.54, 1.807) is 42.6 Å². The normalized spacial score (nSPS) is 9.69. The Morgan fingerprint density at radius 1 is 1.19 bits per heavy atom. The van der Waals surface area contributed by atoms with E-state index < -0.39 is 0 Å². The maximum Gasteiger partial charge on any atom is 0.119 e. The second-order valence-corrected chi connectivity index (χ2v) is 4.13. The van der Waals surface area contributed by atoms with Crippen LogP contribution in [0.5, 0.6) is 5.75 Å². The first-order valence-electron chi connectivity index (χ1n) is 4.61. The zero-order valence-electron chi connectivity index (χ0n) is 8.29. The molecule has 2 rings (SSSR count). The van der Waals surface area contributed by atoms with Crippen LogP contribution in [0.25, 0.3) is 0 Å². The van der Waals surface area contributed by atoms with Crippen molar-refractivity contribution in [3.63, 3.8) is 0 Å². The molecule has 0 amide bonds. The highest BCUT2D eigenvalue weighted by atomic mass is 32.2. The molecule has 0 spiro atoms. The fourth-order valence-electron chi connectivity index (χ4n) is 1.18. The third kappa shape index (κ3) is 2.33. The van der Waals surface area contributed by atoms with Gasteiger partial charge in [-0.1, -0.05) is 11.8 Å². The lowest BCUT2D eigenvalue weighted by Gasteiger charge is -2.02. The molecule has 0 aliphatic rings. The highest BCUT2D eigenvalue weighted by Gasteiger charge is 2.04. The zero-order valence-corrected chi connectivity index (χ0v) is 9.11. The van der Waals surface area contributed by atoms with E-state index in [1.165, 1.54) is 11.8 Å². The predicted molar refractivity (Wildman–Crippen MR) is 61.2 cm³/mol. The fraction of sp³-hybridized carbons (Fsp3) is 0. The van der Waals surface area contributed by atoms with Crippen LogP contribution in [0, 0.1) is 11.3 Å². The summed E-state index contributed by atoms with van der Waals surface area (Å²) >= 11 is 1.40. The van der Waals surface area contributed by atoms with Crippen LogP contribution in [-0.4, -0.2) is 10.1 Å². The minimum absolute atomic E-state index is 0.228. The third-order valence-corrected chi connectivity index (χ3v) is 2.97. The van der Waals surface area contributed by atoms with Gasteiger partial charge in [0, 0.05) is 11.1 Å². The van der Waals surface area contributed by atoms with Gasteiger partial charge in [-0.15, -0.1) is 0 Å². The Morgan fingerprint density at radius 3 is 2.62 bits per heavy atom. The molecular formula is C12H8N2OS. The van der Waals surface area contributed by atoms with Crippen LogP contribution in [0.2, 0.25) is 0 Å². The number of phenolic OH excluding ortho intramolecular Hbond substituents is 1. The lowest BCUT2D eigenvalue weighted by atomic mass is 10.3. The quantitative estimate of drug-likeness (QED) is 0.858. The summed E-state index contributed by atoms with van der Waals surface area (Å²) in [5.74, 6) is 0.228. The summed E-state index contributed by atoms with van der Waals surface area (Å²) in [5.41, 5.74) is 0.556. The summed E-state index contributed by atoms with van der Waals surface area (Å²) in [5, 5.41) is 18.7. The Morgan fingerprint density at radius 2 is 1.94 bits per heavy atom. The molecule has 0 bridgehead atoms. The minimum atomic E-state index is 0.228. The molecule has 3 nitrogen and oxygen atoms in total. The second kappa shape index (κ2) is 4.69. The second-order valence-electron chi connectivity index (χ2n) is 3.06. The molecule has 78 valence electrons. The average Bonchev–Trinajstić information content (AvgIpc) is 2.33. The van der Waals surface area contributed by atoms with Crippen molar-refractivity contribution in [3.05, 3.63) is 48.2 Å². The maximum atomic E-state index is 9.15. The van der Waals surface area contributed by atoms with Gasteiger partial charge in [0.2, 0.25) is 0 Å². The van der Waals surface area contributed by atoms with Crippen molar-refractivity contribution < 1.29 is 5.11 Å². The lowest BCUT2D eigenvalue weighted by Crippen LogP contribution is -1.84. The number of nitriles is 1. The van der Waals surface area contributed by atoms with E-state index in [0.29, 0.717) is 10.6 Å². The monoisotopic (exact) mass is 228 g/mol. The number of hydrogen-bond donors (Lipinski definition) is 1. The molecule has 0 saturated heterocycles. The smallest absolute Gasteiger partial charge is 0.119 e. The van der Waals surface area contributed by atoms with Crippen LogP contribution in [0.1, 0.15) is 5.56 Å². The number of aromatic nitrogens is 1. The molecule has 4 heteroatoms. The van der Waals surface area contributed by atoms with Crippen LogP contribution in [0.4, 0.5) is 0 Å². The average molecular weight is 228 g/mol. The first kappa shape index (κ1) is 10.5. The van der Waals surface area contributed by atoms with E-state index in [1.807, 2.05) is 0 Å². The molecule has 1 aromatic carbocycles. The molecule has 1 N–H and O–H groups in total. The van der Waals surface area contributed by atoms with Gasteiger partial charge in [0.1, 0.15) is 16.8 Å². The van der Waals surface area contributed by atoms with Crippen LogP contribution in [0.15, 0.2) is 52.5 Å². The Hall–Kier alpha value is -1.99. The van der Waals surface area contributed by atoms with Gasteiger partial charge in [-0.3, -0.25) is 0 Å². The molecule has 0 fully saturated rings. The van der Waals surface area contributed by atoms with Gasteiger partial charge >= 0.3 is 0 Å². The Balaban J connectivity index is 2.27. The van der Waals surface area contributed by atoms with Crippen molar-refractivity contribution in [3.8, 4) is 11.8 Å². The van der Waals surface area contributed by atoms with E-state index in [0.717, 1.165) is 4.90 Å². The van der Waals surface area contributed by atoms with Gasteiger partial charge in [-0.2, -0.15) is 5.26 Å². The first-order chi connectivity index (χ1) is 7.79. The summed E-state index contributed by atoms with van der Waals surface area (Å²) in [6.45, 7) is 0. The summed E-state index contributed by atoms with van der Waals surface area (Å²) in [6, 6.07) is 12.4. The molecule has 1 heterocycles. The number of nitrogens with zero attached hydrogens (tertiary/aromatic N) is 2. The van der Waals surface area contributed by atoms with E-state index in [4.69, 9.17) is 10.4 Å². The van der Waals surface area contributed by atoms with Crippen LogP contribution >= 0.6 is 11.8 Å². The zero-order chi connectivity index (χ0) is 11.4. The molecule has 0 aliphatic heterocycles. The topological polar surface area (TPSA) is 56.9 Å². The van der Waals surface area contributed by atoms with E-state index >= 15 is 0 Å². The molecule has 0 aliphatic carbocycles. The van der Waals surface area contributed by atoms with Crippen molar-refractivity contribution in [2.45, 2.75) is 9.92 Å². The van der Waals surface area contributed by atoms with Crippen molar-refractivity contribution in [1.82, 2.24) is 4.98 Å². The third-order valence-electron chi connectivity index (χ3n) is 1.94. The Bertz CT molecular complexity index is 531. The fourth-order valence-corrected chi connectivity index (χ4v) is 2.02. The van der Waals surface area contributed by atoms with Gasteiger partial charge < -0.3 is 5.11 Å². The molecule has 16 heavy (non-hydrogen) atoms. The molecule has 0 saturated carbocycles. The van der Waals surface area contributed by atoms with Gasteiger partial charge in [-0.05, 0) is 36.4 Å². The Kier molecular flexibility index (Phi) is 3.08. The van der Waals surface area contributed by atoms with Gasteiger partial charge in [0.25, 0.3) is 0 Å². The standard InChI is InChI=1S/C12H8N2OS/c13-8-9-2-1-7-14-12(9)16-11-5-3-10(15)4-6-11/h1-7,15H. The van der Waals surface area contributed by atoms with Crippen molar-refractivity contribution in [1.29, 1.82) is 5.26 Å². The largest absolute Gasteiger partial charge is 0.508 e. The van der Waals surface area contributed by atoms with E-state index in [-0.39, 0.29) is 5.75 Å². The molecule has 2 aromatic rings. The van der Waals surface area contributed by atoms with Crippen molar-refractivity contribution >= 4 is 11.8 Å². The maximum absolute atomic E-state index is 9.15. The number of pyridine rings is 1. The number of phenols is 1. The first-order valence-corrected chi connectivity index (χ1v) is 5.43. The highest BCUT2D eigenvalue weighted by Crippen LogP contribution is 2.29. The summed E-state index contributed by atoms with van der Waals surface area (Å²) in [7, 11) is 0. The lowest BCUT2D eigenvalue weighted by molar-refractivity contribution is 0.475.